The summed E-state index contributed by atoms with van der Waals surface area (Å²) in [6.07, 6.45) is 0. The number of carboxylic acid groups (broad SMARTS) is 1. The van der Waals surface area contributed by atoms with Gasteiger partial charge in [0.25, 0.3) is 0 Å². The van der Waals surface area contributed by atoms with Crippen molar-refractivity contribution in [3.05, 3.63) is 17.5 Å². The summed E-state index contributed by atoms with van der Waals surface area (Å²) < 4.78 is 4.86. The van der Waals surface area contributed by atoms with Crippen molar-refractivity contribution in [3.63, 3.8) is 0 Å². The van der Waals surface area contributed by atoms with E-state index in [0.29, 0.717) is 25.4 Å². The normalized spacial score (nSPS) is 17.1. The lowest BCUT2D eigenvalue weighted by molar-refractivity contribution is -0.124. The van der Waals surface area contributed by atoms with E-state index in [2.05, 4.69) is 10.5 Å². The SMILES string of the molecule is O=C1CN(Cc2cc(C(=O)O)no2)CCN1. The molecule has 1 aromatic heterocycles. The van der Waals surface area contributed by atoms with Gasteiger partial charge >= 0.3 is 5.97 Å². The molecule has 0 atom stereocenters. The maximum atomic E-state index is 11.1. The highest BCUT2D eigenvalue weighted by molar-refractivity contribution is 5.85. The van der Waals surface area contributed by atoms with Crippen molar-refractivity contribution in [2.45, 2.75) is 6.54 Å². The minimum atomic E-state index is -1.12. The van der Waals surface area contributed by atoms with E-state index in [4.69, 9.17) is 9.63 Å². The largest absolute Gasteiger partial charge is 0.476 e. The van der Waals surface area contributed by atoms with Crippen LogP contribution in [0.3, 0.4) is 0 Å². The molecule has 2 N–H and O–H groups in total. The first kappa shape index (κ1) is 10.6. The molecule has 7 nitrogen and oxygen atoms in total. The van der Waals surface area contributed by atoms with Gasteiger partial charge in [-0.3, -0.25) is 9.69 Å². The van der Waals surface area contributed by atoms with Crippen LogP contribution in [0.15, 0.2) is 10.6 Å². The summed E-state index contributed by atoms with van der Waals surface area (Å²) in [7, 11) is 0. The summed E-state index contributed by atoms with van der Waals surface area (Å²) in [6.45, 7) is 2.00. The van der Waals surface area contributed by atoms with E-state index in [-0.39, 0.29) is 11.6 Å². The lowest BCUT2D eigenvalue weighted by Crippen LogP contribution is -2.47. The number of rotatable bonds is 3. The van der Waals surface area contributed by atoms with Gasteiger partial charge in [0.05, 0.1) is 13.1 Å². The quantitative estimate of drug-likeness (QED) is 0.706. The smallest absolute Gasteiger partial charge is 0.358 e. The van der Waals surface area contributed by atoms with Gasteiger partial charge in [-0.05, 0) is 0 Å². The predicted octanol–water partition coefficient (Wildman–Crippen LogP) is -0.695. The third kappa shape index (κ3) is 2.37. The number of carboxylic acids is 1. The minimum Gasteiger partial charge on any atom is -0.476 e. The van der Waals surface area contributed by atoms with E-state index in [0.717, 1.165) is 6.54 Å². The van der Waals surface area contributed by atoms with Crippen molar-refractivity contribution in [1.29, 1.82) is 0 Å². The molecule has 0 bridgehead atoms. The van der Waals surface area contributed by atoms with E-state index in [1.165, 1.54) is 6.07 Å². The van der Waals surface area contributed by atoms with E-state index in [9.17, 15) is 9.59 Å². The Morgan fingerprint density at radius 2 is 2.50 bits per heavy atom. The number of piperazine rings is 1. The zero-order chi connectivity index (χ0) is 11.5. The van der Waals surface area contributed by atoms with Crippen LogP contribution in [-0.2, 0) is 11.3 Å². The summed E-state index contributed by atoms with van der Waals surface area (Å²) in [4.78, 5) is 23.5. The van der Waals surface area contributed by atoms with Gasteiger partial charge in [0.1, 0.15) is 0 Å². The van der Waals surface area contributed by atoms with Gasteiger partial charge in [-0.15, -0.1) is 0 Å². The molecule has 1 fully saturated rings. The molecule has 2 heterocycles. The van der Waals surface area contributed by atoms with Crippen LogP contribution in [0.25, 0.3) is 0 Å². The Hall–Kier alpha value is -1.89. The standard InChI is InChI=1S/C9H11N3O4/c13-8-5-12(2-1-10-8)4-6-3-7(9(14)15)11-16-6/h3H,1-2,4-5H2,(H,10,13)(H,14,15). The van der Waals surface area contributed by atoms with Crippen molar-refractivity contribution in [3.8, 4) is 0 Å². The highest BCUT2D eigenvalue weighted by atomic mass is 16.5. The third-order valence-electron chi connectivity index (χ3n) is 2.27. The fourth-order valence-corrected chi connectivity index (χ4v) is 1.54. The number of amides is 1. The van der Waals surface area contributed by atoms with Crippen molar-refractivity contribution in [2.75, 3.05) is 19.6 Å². The molecular weight excluding hydrogens is 214 g/mol. The van der Waals surface area contributed by atoms with Crippen LogP contribution in [0, 0.1) is 0 Å². The highest BCUT2D eigenvalue weighted by Gasteiger charge is 2.19. The van der Waals surface area contributed by atoms with Gasteiger partial charge in [-0.1, -0.05) is 5.16 Å². The lowest BCUT2D eigenvalue weighted by Gasteiger charge is -2.24. The third-order valence-corrected chi connectivity index (χ3v) is 2.27. The number of hydrogen-bond acceptors (Lipinski definition) is 5. The number of nitrogens with zero attached hydrogens (tertiary/aromatic N) is 2. The molecule has 0 aliphatic carbocycles. The fourth-order valence-electron chi connectivity index (χ4n) is 1.54. The number of hydrogen-bond donors (Lipinski definition) is 2. The van der Waals surface area contributed by atoms with Gasteiger partial charge < -0.3 is 14.9 Å². The molecule has 0 saturated carbocycles. The molecule has 0 unspecified atom stereocenters. The molecule has 2 rings (SSSR count). The fraction of sp³-hybridized carbons (Fsp3) is 0.444. The molecule has 1 aliphatic rings. The van der Waals surface area contributed by atoms with Gasteiger partial charge in [0.2, 0.25) is 5.91 Å². The molecule has 1 aromatic rings. The first-order valence-electron chi connectivity index (χ1n) is 4.83. The summed E-state index contributed by atoms with van der Waals surface area (Å²) in [5, 5.41) is 14.7. The Labute approximate surface area is 91.0 Å². The van der Waals surface area contributed by atoms with Crippen LogP contribution >= 0.6 is 0 Å². The van der Waals surface area contributed by atoms with Gasteiger partial charge in [0.15, 0.2) is 11.5 Å². The number of aromatic carboxylic acids is 1. The molecule has 0 radical (unpaired) electrons. The van der Waals surface area contributed by atoms with Crippen LogP contribution in [0.2, 0.25) is 0 Å². The first-order valence-corrected chi connectivity index (χ1v) is 4.83. The van der Waals surface area contributed by atoms with Crippen LogP contribution in [0.1, 0.15) is 16.2 Å². The molecule has 0 aromatic carbocycles. The molecule has 16 heavy (non-hydrogen) atoms. The number of carbonyl (C=O) groups excluding carboxylic acids is 1. The van der Waals surface area contributed by atoms with E-state index < -0.39 is 5.97 Å². The van der Waals surface area contributed by atoms with Crippen LogP contribution in [0.5, 0.6) is 0 Å². The van der Waals surface area contributed by atoms with Crippen molar-refractivity contribution in [2.24, 2.45) is 0 Å². The van der Waals surface area contributed by atoms with Gasteiger partial charge in [0, 0.05) is 19.2 Å². The zero-order valence-corrected chi connectivity index (χ0v) is 8.47. The second kappa shape index (κ2) is 4.31. The Morgan fingerprint density at radius 1 is 1.69 bits per heavy atom. The molecular formula is C9H11N3O4. The Kier molecular flexibility index (Phi) is 2.86. The Bertz CT molecular complexity index is 415. The topological polar surface area (TPSA) is 95.7 Å². The maximum Gasteiger partial charge on any atom is 0.358 e. The van der Waals surface area contributed by atoms with Crippen LogP contribution in [0.4, 0.5) is 0 Å². The molecule has 7 heteroatoms. The average Bonchev–Trinajstić information content (AvgIpc) is 2.66. The summed E-state index contributed by atoms with van der Waals surface area (Å²) in [5.74, 6) is -0.706. The zero-order valence-electron chi connectivity index (χ0n) is 8.47. The first-order chi connectivity index (χ1) is 7.65. The predicted molar refractivity (Wildman–Crippen MR) is 51.7 cm³/mol. The number of aromatic nitrogens is 1. The second-order valence-electron chi connectivity index (χ2n) is 3.54. The van der Waals surface area contributed by atoms with Crippen LogP contribution < -0.4 is 5.32 Å². The van der Waals surface area contributed by atoms with Gasteiger partial charge in [-0.2, -0.15) is 0 Å². The van der Waals surface area contributed by atoms with Crippen molar-refractivity contribution < 1.29 is 19.2 Å². The van der Waals surface area contributed by atoms with Crippen molar-refractivity contribution in [1.82, 2.24) is 15.4 Å². The molecule has 86 valence electrons. The monoisotopic (exact) mass is 225 g/mol. The highest BCUT2D eigenvalue weighted by Crippen LogP contribution is 2.08. The maximum absolute atomic E-state index is 11.1. The Balaban J connectivity index is 1.97. The van der Waals surface area contributed by atoms with Crippen LogP contribution in [-0.4, -0.2) is 46.7 Å². The van der Waals surface area contributed by atoms with Gasteiger partial charge in [-0.25, -0.2) is 4.79 Å². The molecule has 1 saturated heterocycles. The summed E-state index contributed by atoms with van der Waals surface area (Å²) >= 11 is 0. The number of nitrogens with one attached hydrogen (secondary N) is 1. The second-order valence-corrected chi connectivity index (χ2v) is 3.54. The Morgan fingerprint density at radius 3 is 3.12 bits per heavy atom. The molecule has 1 aliphatic heterocycles. The molecule has 0 spiro atoms. The summed E-state index contributed by atoms with van der Waals surface area (Å²) in [5.41, 5.74) is -0.114. The van der Waals surface area contributed by atoms with Crippen molar-refractivity contribution >= 4 is 11.9 Å². The number of carbonyl (C=O) groups is 2. The minimum absolute atomic E-state index is 0.0378. The van der Waals surface area contributed by atoms with E-state index >= 15 is 0 Å². The summed E-state index contributed by atoms with van der Waals surface area (Å²) in [6, 6.07) is 1.37. The molecule has 1 amide bonds. The lowest BCUT2D eigenvalue weighted by atomic mass is 10.3. The van der Waals surface area contributed by atoms with E-state index in [1.807, 2.05) is 4.90 Å². The average molecular weight is 225 g/mol. The van der Waals surface area contributed by atoms with E-state index in [1.54, 1.807) is 0 Å².